The highest BCUT2D eigenvalue weighted by Crippen LogP contribution is 2.29. The second kappa shape index (κ2) is 5.95. The summed E-state index contributed by atoms with van der Waals surface area (Å²) in [5.74, 6) is 1.69. The summed E-state index contributed by atoms with van der Waals surface area (Å²) in [6.07, 6.45) is 5.28. The van der Waals surface area contributed by atoms with Crippen molar-refractivity contribution in [2.24, 2.45) is 0 Å². The van der Waals surface area contributed by atoms with Gasteiger partial charge in [-0.15, -0.1) is 0 Å². The smallest absolute Gasteiger partial charge is 0.224 e. The lowest BCUT2D eigenvalue weighted by Crippen LogP contribution is -2.41. The minimum Gasteiger partial charge on any atom is -0.366 e. The zero-order valence-corrected chi connectivity index (χ0v) is 12.5. The first-order valence-electron chi connectivity index (χ1n) is 7.86. The molecule has 5 heteroatoms. The summed E-state index contributed by atoms with van der Waals surface area (Å²) in [7, 11) is 0. The number of rotatable bonds is 4. The first kappa shape index (κ1) is 13.6. The Balaban J connectivity index is 1.71. The van der Waals surface area contributed by atoms with Crippen molar-refractivity contribution in [2.75, 3.05) is 30.3 Å². The second-order valence-electron chi connectivity index (χ2n) is 5.89. The first-order valence-corrected chi connectivity index (χ1v) is 7.86. The molecule has 0 aliphatic carbocycles. The number of fused-ring (bicyclic) bond motifs is 1. The maximum Gasteiger partial charge on any atom is 0.224 e. The largest absolute Gasteiger partial charge is 0.366 e. The number of hydrogen-bond acceptors (Lipinski definition) is 5. The molecule has 2 aliphatic heterocycles. The lowest BCUT2D eigenvalue weighted by atomic mass is 9.99. The van der Waals surface area contributed by atoms with Crippen molar-refractivity contribution in [3.05, 3.63) is 11.8 Å². The molecule has 3 rings (SSSR count). The van der Waals surface area contributed by atoms with Crippen molar-refractivity contribution in [1.29, 1.82) is 0 Å². The van der Waals surface area contributed by atoms with Gasteiger partial charge in [0.05, 0.1) is 0 Å². The molecule has 0 bridgehead atoms. The summed E-state index contributed by atoms with van der Waals surface area (Å²) >= 11 is 0. The fraction of sp³-hybridized carbons (Fsp3) is 0.733. The standard InChI is InChI=1S/C15H25N5/c1-3-16-15-17-11(2)10-14(19-15)18-12-7-9-20-8-5-4-6-13(12)20/h10,12-13H,3-9H2,1-2H3,(H2,16,17,18,19). The molecule has 1 aromatic rings. The molecule has 2 N–H and O–H groups in total. The van der Waals surface area contributed by atoms with Crippen molar-refractivity contribution in [3.63, 3.8) is 0 Å². The predicted octanol–water partition coefficient (Wildman–Crippen LogP) is 2.26. The quantitative estimate of drug-likeness (QED) is 0.883. The van der Waals surface area contributed by atoms with Crippen LogP contribution in [0, 0.1) is 6.92 Å². The molecule has 1 aromatic heterocycles. The summed E-state index contributed by atoms with van der Waals surface area (Å²) in [5.41, 5.74) is 1.01. The van der Waals surface area contributed by atoms with Gasteiger partial charge in [0, 0.05) is 36.9 Å². The van der Waals surface area contributed by atoms with E-state index < -0.39 is 0 Å². The van der Waals surface area contributed by atoms with Gasteiger partial charge in [0.2, 0.25) is 5.95 Å². The van der Waals surface area contributed by atoms with Gasteiger partial charge in [0.1, 0.15) is 5.82 Å². The van der Waals surface area contributed by atoms with Gasteiger partial charge in [-0.25, -0.2) is 4.98 Å². The van der Waals surface area contributed by atoms with E-state index in [1.165, 1.54) is 38.8 Å². The molecule has 2 atom stereocenters. The molecule has 0 spiro atoms. The molecule has 2 aliphatic rings. The van der Waals surface area contributed by atoms with Gasteiger partial charge in [-0.2, -0.15) is 4.98 Å². The number of hydrogen-bond donors (Lipinski definition) is 2. The molecule has 2 fully saturated rings. The van der Waals surface area contributed by atoms with Crippen molar-refractivity contribution in [1.82, 2.24) is 14.9 Å². The molecule has 0 radical (unpaired) electrons. The Morgan fingerprint density at radius 2 is 2.15 bits per heavy atom. The monoisotopic (exact) mass is 275 g/mol. The third-order valence-electron chi connectivity index (χ3n) is 4.38. The van der Waals surface area contributed by atoms with Gasteiger partial charge in [0.25, 0.3) is 0 Å². The zero-order valence-electron chi connectivity index (χ0n) is 12.5. The van der Waals surface area contributed by atoms with Crippen LogP contribution in [-0.2, 0) is 0 Å². The van der Waals surface area contributed by atoms with E-state index in [0.717, 1.165) is 24.0 Å². The molecule has 3 heterocycles. The van der Waals surface area contributed by atoms with E-state index in [-0.39, 0.29) is 0 Å². The van der Waals surface area contributed by atoms with E-state index in [4.69, 9.17) is 0 Å². The fourth-order valence-corrected chi connectivity index (χ4v) is 3.49. The van der Waals surface area contributed by atoms with Crippen LogP contribution in [0.15, 0.2) is 6.07 Å². The molecular formula is C15H25N5. The fourth-order valence-electron chi connectivity index (χ4n) is 3.49. The first-order chi connectivity index (χ1) is 9.76. The SMILES string of the molecule is CCNc1nc(C)cc(NC2CCN3CCCCC23)n1. The summed E-state index contributed by atoms with van der Waals surface area (Å²) < 4.78 is 0. The highest BCUT2D eigenvalue weighted by molar-refractivity contribution is 5.43. The van der Waals surface area contributed by atoms with E-state index in [0.29, 0.717) is 12.1 Å². The van der Waals surface area contributed by atoms with Crippen LogP contribution < -0.4 is 10.6 Å². The Hall–Kier alpha value is -1.36. The van der Waals surface area contributed by atoms with Crippen LogP contribution in [0.3, 0.4) is 0 Å². The van der Waals surface area contributed by atoms with Crippen LogP contribution in [0.1, 0.15) is 38.3 Å². The third-order valence-corrected chi connectivity index (χ3v) is 4.38. The van der Waals surface area contributed by atoms with Gasteiger partial charge in [-0.3, -0.25) is 4.90 Å². The molecule has 110 valence electrons. The van der Waals surface area contributed by atoms with Gasteiger partial charge >= 0.3 is 0 Å². The van der Waals surface area contributed by atoms with Crippen LogP contribution >= 0.6 is 0 Å². The van der Waals surface area contributed by atoms with Crippen molar-refractivity contribution >= 4 is 11.8 Å². The minimum absolute atomic E-state index is 0.541. The highest BCUT2D eigenvalue weighted by Gasteiger charge is 2.35. The number of aryl methyl sites for hydroxylation is 1. The predicted molar refractivity (Wildman–Crippen MR) is 82.2 cm³/mol. The van der Waals surface area contributed by atoms with Crippen LogP contribution in [0.5, 0.6) is 0 Å². The van der Waals surface area contributed by atoms with Crippen molar-refractivity contribution < 1.29 is 0 Å². The Labute approximate surface area is 121 Å². The molecule has 20 heavy (non-hydrogen) atoms. The Kier molecular flexibility index (Phi) is 4.05. The summed E-state index contributed by atoms with van der Waals surface area (Å²) in [5, 5.41) is 6.84. The molecule has 2 unspecified atom stereocenters. The zero-order chi connectivity index (χ0) is 13.9. The van der Waals surface area contributed by atoms with Gasteiger partial charge < -0.3 is 10.6 Å². The molecular weight excluding hydrogens is 250 g/mol. The molecule has 2 saturated heterocycles. The van der Waals surface area contributed by atoms with Gasteiger partial charge in [-0.05, 0) is 39.7 Å². The van der Waals surface area contributed by atoms with E-state index in [9.17, 15) is 0 Å². The van der Waals surface area contributed by atoms with E-state index in [1.54, 1.807) is 0 Å². The summed E-state index contributed by atoms with van der Waals surface area (Å²) in [6.45, 7) is 7.44. The summed E-state index contributed by atoms with van der Waals surface area (Å²) in [6, 6.07) is 3.28. The minimum atomic E-state index is 0.541. The Morgan fingerprint density at radius 1 is 1.25 bits per heavy atom. The molecule has 5 nitrogen and oxygen atoms in total. The van der Waals surface area contributed by atoms with Gasteiger partial charge in [0.15, 0.2) is 0 Å². The van der Waals surface area contributed by atoms with Crippen LogP contribution in [0.25, 0.3) is 0 Å². The summed E-state index contributed by atoms with van der Waals surface area (Å²) in [4.78, 5) is 11.6. The Bertz CT molecular complexity index is 462. The second-order valence-corrected chi connectivity index (χ2v) is 5.89. The van der Waals surface area contributed by atoms with Crippen molar-refractivity contribution in [3.8, 4) is 0 Å². The lowest BCUT2D eigenvalue weighted by Gasteiger charge is -2.32. The maximum atomic E-state index is 4.57. The highest BCUT2D eigenvalue weighted by atomic mass is 15.2. The topological polar surface area (TPSA) is 53.1 Å². The third kappa shape index (κ3) is 2.87. The number of piperidine rings is 1. The van der Waals surface area contributed by atoms with Crippen molar-refractivity contribution in [2.45, 2.75) is 51.6 Å². The average Bonchev–Trinajstić information content (AvgIpc) is 2.82. The van der Waals surface area contributed by atoms with Gasteiger partial charge in [-0.1, -0.05) is 6.42 Å². The molecule has 0 aromatic carbocycles. The number of anilines is 2. The number of aromatic nitrogens is 2. The normalized spacial score (nSPS) is 26.3. The number of nitrogens with one attached hydrogen (secondary N) is 2. The molecule has 0 amide bonds. The van der Waals surface area contributed by atoms with Crippen LogP contribution in [0.4, 0.5) is 11.8 Å². The maximum absolute atomic E-state index is 4.57. The average molecular weight is 275 g/mol. The lowest BCUT2D eigenvalue weighted by molar-refractivity contribution is 0.192. The van der Waals surface area contributed by atoms with Crippen LogP contribution in [-0.4, -0.2) is 46.6 Å². The van der Waals surface area contributed by atoms with E-state index in [2.05, 4.69) is 32.4 Å². The number of nitrogens with zero attached hydrogens (tertiary/aromatic N) is 3. The van der Waals surface area contributed by atoms with E-state index >= 15 is 0 Å². The Morgan fingerprint density at radius 3 is 3.00 bits per heavy atom. The van der Waals surface area contributed by atoms with E-state index in [1.807, 2.05) is 13.0 Å². The van der Waals surface area contributed by atoms with Crippen LogP contribution in [0.2, 0.25) is 0 Å². The molecule has 0 saturated carbocycles.